The average Bonchev–Trinajstić information content (AvgIpc) is 3.10. The third kappa shape index (κ3) is 3.68. The average molecular weight is 393 g/mol. The van der Waals surface area contributed by atoms with E-state index in [0.29, 0.717) is 19.5 Å². The van der Waals surface area contributed by atoms with Crippen molar-refractivity contribution in [1.82, 2.24) is 20.0 Å². The number of benzene rings is 1. The highest BCUT2D eigenvalue weighted by Crippen LogP contribution is 2.32. The van der Waals surface area contributed by atoms with Crippen molar-refractivity contribution in [1.29, 1.82) is 0 Å². The van der Waals surface area contributed by atoms with Gasteiger partial charge in [-0.2, -0.15) is 5.10 Å². The molecule has 6 heteroatoms. The smallest absolute Gasteiger partial charge is 0.227 e. The Morgan fingerprint density at radius 2 is 1.97 bits per heavy atom. The first-order valence-electron chi connectivity index (χ1n) is 10.7. The third-order valence-corrected chi connectivity index (χ3v) is 6.71. The highest BCUT2D eigenvalue weighted by molar-refractivity contribution is 5.82. The van der Waals surface area contributed by atoms with Crippen LogP contribution in [0.5, 0.6) is 0 Å². The molecule has 0 unspecified atom stereocenters. The van der Waals surface area contributed by atoms with Gasteiger partial charge in [0.25, 0.3) is 0 Å². The molecule has 1 aromatic heterocycles. The zero-order valence-electron chi connectivity index (χ0n) is 16.9. The molecule has 2 atom stereocenters. The number of carbonyl (C=O) groups is 2. The first-order valence-corrected chi connectivity index (χ1v) is 10.7. The maximum absolute atomic E-state index is 13.1. The molecule has 29 heavy (non-hydrogen) atoms. The molecule has 2 aromatic rings. The summed E-state index contributed by atoms with van der Waals surface area (Å²) in [5, 5.41) is 7.51. The lowest BCUT2D eigenvalue weighted by atomic mass is 9.99. The molecule has 1 aromatic carbocycles. The molecule has 152 valence electrons. The highest BCUT2D eigenvalue weighted by atomic mass is 16.2. The second kappa shape index (κ2) is 7.32. The number of aryl methyl sites for hydroxylation is 3. The molecule has 3 aliphatic rings. The van der Waals surface area contributed by atoms with E-state index in [1.54, 1.807) is 6.20 Å². The summed E-state index contributed by atoms with van der Waals surface area (Å²) in [7, 11) is 1.92. The minimum Gasteiger partial charge on any atom is -0.351 e. The molecule has 1 N–H and O–H groups in total. The molecule has 2 heterocycles. The minimum atomic E-state index is -0.0533. The van der Waals surface area contributed by atoms with Crippen LogP contribution in [-0.2, 0) is 35.9 Å². The lowest BCUT2D eigenvalue weighted by Gasteiger charge is -2.19. The van der Waals surface area contributed by atoms with Crippen LogP contribution in [-0.4, -0.2) is 45.6 Å². The fourth-order valence-corrected chi connectivity index (χ4v) is 4.87. The summed E-state index contributed by atoms with van der Waals surface area (Å²) >= 11 is 0. The normalized spacial score (nSPS) is 23.3. The number of carbonyl (C=O) groups excluding carboxylic acids is 2. The fourth-order valence-electron chi connectivity index (χ4n) is 4.87. The van der Waals surface area contributed by atoms with Crippen LogP contribution in [0.15, 0.2) is 30.5 Å². The molecule has 1 aliphatic heterocycles. The van der Waals surface area contributed by atoms with E-state index in [9.17, 15) is 9.59 Å². The molecule has 2 aliphatic carbocycles. The molecule has 0 spiro atoms. The van der Waals surface area contributed by atoms with E-state index in [4.69, 9.17) is 0 Å². The van der Waals surface area contributed by atoms with Gasteiger partial charge in [-0.15, -0.1) is 0 Å². The molecular formula is C23H28N4O2. The lowest BCUT2D eigenvalue weighted by molar-refractivity contribution is -0.130. The molecule has 1 saturated carbocycles. The van der Waals surface area contributed by atoms with E-state index in [-0.39, 0.29) is 29.7 Å². The monoisotopic (exact) mass is 392 g/mol. The van der Waals surface area contributed by atoms with Gasteiger partial charge >= 0.3 is 0 Å². The third-order valence-electron chi connectivity index (χ3n) is 6.71. The van der Waals surface area contributed by atoms with Crippen LogP contribution in [0.2, 0.25) is 0 Å². The first-order chi connectivity index (χ1) is 14.1. The van der Waals surface area contributed by atoms with Crippen molar-refractivity contribution in [2.24, 2.45) is 13.0 Å². The van der Waals surface area contributed by atoms with E-state index in [2.05, 4.69) is 28.6 Å². The quantitative estimate of drug-likeness (QED) is 0.846. The molecule has 2 fully saturated rings. The van der Waals surface area contributed by atoms with Crippen LogP contribution in [0, 0.1) is 5.92 Å². The van der Waals surface area contributed by atoms with Crippen molar-refractivity contribution in [2.45, 2.75) is 50.5 Å². The number of amides is 2. The minimum absolute atomic E-state index is 0.0533. The van der Waals surface area contributed by atoms with Gasteiger partial charge in [0.15, 0.2) is 0 Å². The summed E-state index contributed by atoms with van der Waals surface area (Å²) in [4.78, 5) is 27.4. The Morgan fingerprint density at radius 3 is 2.72 bits per heavy atom. The van der Waals surface area contributed by atoms with Gasteiger partial charge in [0, 0.05) is 43.9 Å². The predicted molar refractivity (Wildman–Crippen MR) is 109 cm³/mol. The Balaban J connectivity index is 1.31. The van der Waals surface area contributed by atoms with E-state index < -0.39 is 0 Å². The Kier molecular flexibility index (Phi) is 4.64. The molecule has 5 rings (SSSR count). The SMILES string of the molecule is Cn1nccc1[C@@H]1CN(C(=O)Cc2ccc3c(c2)CCC3)C[C@H]1NC(=O)C1CC1. The van der Waals surface area contributed by atoms with Crippen molar-refractivity contribution in [3.8, 4) is 0 Å². The standard InChI is InChI=1S/C23H28N4O2/c1-26-21(9-10-24-26)19-13-27(14-20(19)25-23(29)17-7-8-17)22(28)12-15-5-6-16-3-2-4-18(16)11-15/h5-6,9-11,17,19-20H,2-4,7-8,12-14H2,1H3,(H,25,29)/t19-,20-/m1/s1. The number of nitrogens with one attached hydrogen (secondary N) is 1. The Labute approximate surface area is 171 Å². The molecular weight excluding hydrogens is 364 g/mol. The summed E-state index contributed by atoms with van der Waals surface area (Å²) in [5.74, 6) is 0.515. The number of aromatic nitrogens is 2. The number of rotatable bonds is 5. The van der Waals surface area contributed by atoms with Crippen molar-refractivity contribution < 1.29 is 9.59 Å². The summed E-state index contributed by atoms with van der Waals surface area (Å²) in [6, 6.07) is 8.44. The summed E-state index contributed by atoms with van der Waals surface area (Å²) in [5.41, 5.74) is 5.00. The molecule has 1 saturated heterocycles. The van der Waals surface area contributed by atoms with Crippen LogP contribution < -0.4 is 5.32 Å². The van der Waals surface area contributed by atoms with Gasteiger partial charge in [0.1, 0.15) is 0 Å². The number of hydrogen-bond acceptors (Lipinski definition) is 3. The van der Waals surface area contributed by atoms with E-state index >= 15 is 0 Å². The van der Waals surface area contributed by atoms with Crippen LogP contribution in [0.4, 0.5) is 0 Å². The molecule has 6 nitrogen and oxygen atoms in total. The van der Waals surface area contributed by atoms with Gasteiger partial charge in [-0.3, -0.25) is 14.3 Å². The molecule has 0 bridgehead atoms. The Hall–Kier alpha value is -2.63. The Morgan fingerprint density at radius 1 is 1.14 bits per heavy atom. The summed E-state index contributed by atoms with van der Waals surface area (Å²) < 4.78 is 1.86. The van der Waals surface area contributed by atoms with Crippen LogP contribution in [0.1, 0.15) is 47.6 Å². The number of nitrogens with zero attached hydrogens (tertiary/aromatic N) is 3. The summed E-state index contributed by atoms with van der Waals surface area (Å²) in [6.45, 7) is 1.19. The van der Waals surface area contributed by atoms with Crippen molar-refractivity contribution in [3.05, 3.63) is 52.8 Å². The van der Waals surface area contributed by atoms with Gasteiger partial charge in [-0.25, -0.2) is 0 Å². The van der Waals surface area contributed by atoms with Crippen molar-refractivity contribution in [2.75, 3.05) is 13.1 Å². The largest absolute Gasteiger partial charge is 0.351 e. The van der Waals surface area contributed by atoms with E-state index in [0.717, 1.165) is 36.9 Å². The number of fused-ring (bicyclic) bond motifs is 1. The second-order valence-corrected chi connectivity index (χ2v) is 8.81. The second-order valence-electron chi connectivity index (χ2n) is 8.81. The zero-order chi connectivity index (χ0) is 20.0. The van der Waals surface area contributed by atoms with Crippen LogP contribution >= 0.6 is 0 Å². The van der Waals surface area contributed by atoms with Crippen molar-refractivity contribution in [3.63, 3.8) is 0 Å². The van der Waals surface area contributed by atoms with Gasteiger partial charge < -0.3 is 10.2 Å². The van der Waals surface area contributed by atoms with Gasteiger partial charge in [-0.05, 0) is 54.9 Å². The highest BCUT2D eigenvalue weighted by Gasteiger charge is 2.40. The predicted octanol–water partition coefficient (Wildman–Crippen LogP) is 1.97. The molecule has 2 amide bonds. The van der Waals surface area contributed by atoms with Gasteiger partial charge in [0.2, 0.25) is 11.8 Å². The van der Waals surface area contributed by atoms with Gasteiger partial charge in [0.05, 0.1) is 12.5 Å². The maximum Gasteiger partial charge on any atom is 0.227 e. The van der Waals surface area contributed by atoms with Crippen LogP contribution in [0.3, 0.4) is 0 Å². The summed E-state index contributed by atoms with van der Waals surface area (Å²) in [6.07, 6.45) is 7.67. The van der Waals surface area contributed by atoms with Gasteiger partial charge in [-0.1, -0.05) is 18.2 Å². The lowest BCUT2D eigenvalue weighted by Crippen LogP contribution is -2.41. The van der Waals surface area contributed by atoms with Crippen molar-refractivity contribution >= 4 is 11.8 Å². The maximum atomic E-state index is 13.1. The number of likely N-dealkylation sites (tertiary alicyclic amines) is 1. The molecule has 0 radical (unpaired) electrons. The Bertz CT molecular complexity index is 946. The van der Waals surface area contributed by atoms with E-state index in [1.807, 2.05) is 22.7 Å². The fraction of sp³-hybridized carbons (Fsp3) is 0.522. The van der Waals surface area contributed by atoms with Crippen LogP contribution in [0.25, 0.3) is 0 Å². The zero-order valence-corrected chi connectivity index (χ0v) is 16.9. The first kappa shape index (κ1) is 18.4. The number of hydrogen-bond donors (Lipinski definition) is 1. The topological polar surface area (TPSA) is 67.2 Å². The van der Waals surface area contributed by atoms with E-state index in [1.165, 1.54) is 17.5 Å².